The molecule has 0 fully saturated rings. The van der Waals surface area contributed by atoms with Crippen molar-refractivity contribution in [2.24, 2.45) is 0 Å². The van der Waals surface area contributed by atoms with Crippen LogP contribution < -0.4 is 0 Å². The highest BCUT2D eigenvalue weighted by atomic mass is 32.1. The van der Waals surface area contributed by atoms with Gasteiger partial charge in [-0.25, -0.2) is 4.79 Å². The zero-order valence-corrected chi connectivity index (χ0v) is 17.7. The molecule has 0 unspecified atom stereocenters. The minimum Gasteiger partial charge on any atom is -0.478 e. The standard InChI is InChI=1S/C25H22N2O2S/c1-3-21(23-12-4-16(2)30-23)25(19-10-11-22-20(14-19)15-26-27-22)18-8-5-17(6-9-18)7-13-24(28)29/h4-15H,3H2,1-2H3,(H,26,27)(H,28,29). The molecule has 150 valence electrons. The van der Waals surface area contributed by atoms with Gasteiger partial charge in [-0.2, -0.15) is 5.10 Å². The lowest BCUT2D eigenvalue weighted by Crippen LogP contribution is -1.94. The SMILES string of the molecule is CCC(=C(c1ccc(C=CC(=O)O)cc1)c1ccc2[nH]ncc2c1)c1ccc(C)s1. The molecule has 0 atom stereocenters. The fourth-order valence-electron chi connectivity index (χ4n) is 3.61. The van der Waals surface area contributed by atoms with Gasteiger partial charge in [0.1, 0.15) is 0 Å². The number of allylic oxidation sites excluding steroid dienone is 1. The van der Waals surface area contributed by atoms with Crippen molar-refractivity contribution in [1.29, 1.82) is 0 Å². The first-order valence-electron chi connectivity index (χ1n) is 9.80. The van der Waals surface area contributed by atoms with Crippen LogP contribution >= 0.6 is 11.3 Å². The molecule has 0 amide bonds. The molecule has 0 bridgehead atoms. The number of aromatic nitrogens is 2. The molecule has 2 aromatic heterocycles. The van der Waals surface area contributed by atoms with Gasteiger partial charge < -0.3 is 5.11 Å². The maximum absolute atomic E-state index is 10.8. The van der Waals surface area contributed by atoms with Crippen molar-refractivity contribution in [2.45, 2.75) is 20.3 Å². The average Bonchev–Trinajstić information content (AvgIpc) is 3.39. The lowest BCUT2D eigenvalue weighted by Gasteiger charge is -2.15. The van der Waals surface area contributed by atoms with Gasteiger partial charge in [0.25, 0.3) is 0 Å². The third-order valence-electron chi connectivity index (χ3n) is 5.04. The van der Waals surface area contributed by atoms with Gasteiger partial charge in [0.05, 0.1) is 11.7 Å². The van der Waals surface area contributed by atoms with E-state index in [0.29, 0.717) is 0 Å². The second-order valence-corrected chi connectivity index (χ2v) is 8.37. The molecule has 0 radical (unpaired) electrons. The summed E-state index contributed by atoms with van der Waals surface area (Å²) in [6.07, 6.45) is 5.51. The Labute approximate surface area is 179 Å². The van der Waals surface area contributed by atoms with E-state index in [0.717, 1.165) is 40.1 Å². The summed E-state index contributed by atoms with van der Waals surface area (Å²) in [7, 11) is 0. The lowest BCUT2D eigenvalue weighted by atomic mass is 9.90. The second kappa shape index (κ2) is 8.51. The number of nitrogens with zero attached hydrogens (tertiary/aromatic N) is 1. The molecule has 2 aromatic carbocycles. The number of carboxylic acids is 1. The third-order valence-corrected chi connectivity index (χ3v) is 6.10. The van der Waals surface area contributed by atoms with E-state index in [1.807, 2.05) is 18.3 Å². The van der Waals surface area contributed by atoms with E-state index in [-0.39, 0.29) is 0 Å². The van der Waals surface area contributed by atoms with Crippen LogP contribution in [-0.2, 0) is 4.79 Å². The first kappa shape index (κ1) is 19.9. The monoisotopic (exact) mass is 414 g/mol. The molecule has 0 saturated carbocycles. The van der Waals surface area contributed by atoms with Crippen molar-refractivity contribution in [3.63, 3.8) is 0 Å². The minimum absolute atomic E-state index is 0.857. The molecule has 0 aliphatic rings. The van der Waals surface area contributed by atoms with Crippen molar-refractivity contribution in [3.05, 3.63) is 93.3 Å². The Balaban J connectivity index is 1.89. The number of fused-ring (bicyclic) bond motifs is 1. The maximum Gasteiger partial charge on any atom is 0.328 e. The van der Waals surface area contributed by atoms with Gasteiger partial charge in [0, 0.05) is 21.2 Å². The second-order valence-electron chi connectivity index (χ2n) is 7.08. The Morgan fingerprint density at radius 1 is 1.10 bits per heavy atom. The van der Waals surface area contributed by atoms with Crippen LogP contribution in [0.3, 0.4) is 0 Å². The number of thiophene rings is 1. The molecule has 0 aliphatic carbocycles. The Morgan fingerprint density at radius 2 is 1.87 bits per heavy atom. The van der Waals surface area contributed by atoms with Gasteiger partial charge in [-0.3, -0.25) is 5.10 Å². The van der Waals surface area contributed by atoms with Crippen molar-refractivity contribution in [1.82, 2.24) is 10.2 Å². The molecule has 4 aromatic rings. The number of carboxylic acid groups (broad SMARTS) is 1. The zero-order valence-electron chi connectivity index (χ0n) is 16.8. The first-order chi connectivity index (χ1) is 14.5. The van der Waals surface area contributed by atoms with E-state index in [1.54, 1.807) is 17.4 Å². The highest BCUT2D eigenvalue weighted by Gasteiger charge is 2.15. The molecule has 0 spiro atoms. The van der Waals surface area contributed by atoms with Gasteiger partial charge in [-0.05, 0) is 71.5 Å². The molecule has 0 saturated heterocycles. The summed E-state index contributed by atoms with van der Waals surface area (Å²) in [4.78, 5) is 13.4. The molecule has 30 heavy (non-hydrogen) atoms. The van der Waals surface area contributed by atoms with Gasteiger partial charge >= 0.3 is 5.97 Å². The zero-order chi connectivity index (χ0) is 21.1. The van der Waals surface area contributed by atoms with Crippen molar-refractivity contribution < 1.29 is 9.90 Å². The van der Waals surface area contributed by atoms with Gasteiger partial charge in [0.15, 0.2) is 0 Å². The van der Waals surface area contributed by atoms with Crippen LogP contribution in [0.5, 0.6) is 0 Å². The molecule has 4 nitrogen and oxygen atoms in total. The Bertz CT molecular complexity index is 1260. The number of aliphatic carboxylic acids is 1. The normalized spacial score (nSPS) is 12.5. The predicted octanol–water partition coefficient (Wildman–Crippen LogP) is 6.40. The Morgan fingerprint density at radius 3 is 2.53 bits per heavy atom. The smallest absolute Gasteiger partial charge is 0.328 e. The topological polar surface area (TPSA) is 66.0 Å². The summed E-state index contributed by atoms with van der Waals surface area (Å²) in [5.74, 6) is -0.950. The Kier molecular flexibility index (Phi) is 5.63. The number of carbonyl (C=O) groups is 1. The number of aryl methyl sites for hydroxylation is 1. The van der Waals surface area contributed by atoms with Crippen LogP contribution in [0.2, 0.25) is 0 Å². The molecule has 5 heteroatoms. The van der Waals surface area contributed by atoms with Crippen LogP contribution in [0.25, 0.3) is 28.1 Å². The highest BCUT2D eigenvalue weighted by Crippen LogP contribution is 2.38. The van der Waals surface area contributed by atoms with Crippen molar-refractivity contribution in [2.75, 3.05) is 0 Å². The van der Waals surface area contributed by atoms with Crippen LogP contribution in [0.15, 0.2) is 66.9 Å². The van der Waals surface area contributed by atoms with E-state index >= 15 is 0 Å². The molecule has 2 N–H and O–H groups in total. The first-order valence-corrected chi connectivity index (χ1v) is 10.6. The molecule has 4 rings (SSSR count). The number of nitrogens with one attached hydrogen (secondary N) is 1. The van der Waals surface area contributed by atoms with E-state index in [2.05, 4.69) is 66.5 Å². The van der Waals surface area contributed by atoms with E-state index in [4.69, 9.17) is 5.11 Å². The van der Waals surface area contributed by atoms with E-state index in [9.17, 15) is 4.79 Å². The summed E-state index contributed by atoms with van der Waals surface area (Å²) in [5.41, 5.74) is 6.60. The van der Waals surface area contributed by atoms with Gasteiger partial charge in [-0.15, -0.1) is 11.3 Å². The minimum atomic E-state index is -0.950. The molecule has 2 heterocycles. The van der Waals surface area contributed by atoms with E-state index < -0.39 is 5.97 Å². The van der Waals surface area contributed by atoms with Crippen molar-refractivity contribution >= 4 is 45.4 Å². The highest BCUT2D eigenvalue weighted by molar-refractivity contribution is 7.13. The third kappa shape index (κ3) is 4.11. The summed E-state index contributed by atoms with van der Waals surface area (Å²) >= 11 is 1.81. The quantitative estimate of drug-likeness (QED) is 0.359. The van der Waals surface area contributed by atoms with Crippen molar-refractivity contribution in [3.8, 4) is 0 Å². The number of aromatic amines is 1. The summed E-state index contributed by atoms with van der Waals surface area (Å²) in [6.45, 7) is 4.31. The fraction of sp³-hybridized carbons (Fsp3) is 0.120. The van der Waals surface area contributed by atoms with Gasteiger partial charge in [0.2, 0.25) is 0 Å². The molecule has 0 aliphatic heterocycles. The number of H-pyrrole nitrogens is 1. The average molecular weight is 415 g/mol. The summed E-state index contributed by atoms with van der Waals surface area (Å²) in [6, 6.07) is 18.8. The number of hydrogen-bond donors (Lipinski definition) is 2. The number of rotatable bonds is 6. The van der Waals surface area contributed by atoms with Crippen LogP contribution in [-0.4, -0.2) is 21.3 Å². The Hall–Kier alpha value is -3.44. The van der Waals surface area contributed by atoms with E-state index in [1.165, 1.54) is 20.9 Å². The molecular formula is C25H22N2O2S. The predicted molar refractivity (Wildman–Crippen MR) is 124 cm³/mol. The largest absolute Gasteiger partial charge is 0.478 e. The number of benzene rings is 2. The number of hydrogen-bond acceptors (Lipinski definition) is 3. The summed E-state index contributed by atoms with van der Waals surface area (Å²) in [5, 5.41) is 17.1. The van der Waals surface area contributed by atoms with Crippen LogP contribution in [0.1, 0.15) is 39.8 Å². The van der Waals surface area contributed by atoms with Crippen LogP contribution in [0, 0.1) is 6.92 Å². The molecular weight excluding hydrogens is 392 g/mol. The summed E-state index contributed by atoms with van der Waals surface area (Å²) < 4.78 is 0. The lowest BCUT2D eigenvalue weighted by molar-refractivity contribution is -0.131. The fourth-order valence-corrected chi connectivity index (χ4v) is 4.60. The maximum atomic E-state index is 10.8. The van der Waals surface area contributed by atoms with Gasteiger partial charge in [-0.1, -0.05) is 37.3 Å². The van der Waals surface area contributed by atoms with Crippen LogP contribution in [0.4, 0.5) is 0 Å².